The Balaban J connectivity index is 2.30. The highest BCUT2D eigenvalue weighted by Crippen LogP contribution is 2.28. The molecule has 1 aromatic heterocycles. The molecule has 0 aliphatic rings. The summed E-state index contributed by atoms with van der Waals surface area (Å²) in [5.74, 6) is 0. The molecular weight excluding hydrogens is 327 g/mol. The summed E-state index contributed by atoms with van der Waals surface area (Å²) in [4.78, 5) is 4.37. The second-order valence-electron chi connectivity index (χ2n) is 4.93. The van der Waals surface area contributed by atoms with Gasteiger partial charge in [-0.2, -0.15) is 0 Å². The van der Waals surface area contributed by atoms with E-state index in [4.69, 9.17) is 34.8 Å². The molecule has 0 aliphatic heterocycles. The van der Waals surface area contributed by atoms with Gasteiger partial charge in [0, 0.05) is 11.2 Å². The molecule has 112 valence electrons. The van der Waals surface area contributed by atoms with Gasteiger partial charge >= 0.3 is 0 Å². The van der Waals surface area contributed by atoms with Crippen molar-refractivity contribution in [2.45, 2.75) is 26.3 Å². The van der Waals surface area contributed by atoms with Gasteiger partial charge in [-0.25, -0.2) is 0 Å². The predicted molar refractivity (Wildman–Crippen MR) is 90.6 cm³/mol. The summed E-state index contributed by atoms with van der Waals surface area (Å²) in [6.45, 7) is 4.89. The molecule has 1 N–H and O–H groups in total. The lowest BCUT2D eigenvalue weighted by Crippen LogP contribution is -2.24. The van der Waals surface area contributed by atoms with Crippen molar-refractivity contribution in [3.63, 3.8) is 0 Å². The maximum absolute atomic E-state index is 6.32. The molecule has 0 amide bonds. The number of hydrogen-bond acceptors (Lipinski definition) is 2. The van der Waals surface area contributed by atoms with Gasteiger partial charge in [0.1, 0.15) is 0 Å². The fraction of sp³-hybridized carbons (Fsp3) is 0.312. The lowest BCUT2D eigenvalue weighted by Gasteiger charge is -2.19. The van der Waals surface area contributed by atoms with E-state index in [1.165, 1.54) is 0 Å². The predicted octanol–water partition coefficient (Wildman–Crippen LogP) is 5.24. The first kappa shape index (κ1) is 16.6. The van der Waals surface area contributed by atoms with E-state index in [1.807, 2.05) is 26.0 Å². The van der Waals surface area contributed by atoms with E-state index in [0.717, 1.165) is 34.8 Å². The summed E-state index contributed by atoms with van der Waals surface area (Å²) in [6, 6.07) is 7.79. The SMILES string of the molecule is CCNC(Cc1ccc(C)cc1Cl)c1ncc(Cl)cc1Cl. The van der Waals surface area contributed by atoms with E-state index in [0.29, 0.717) is 10.0 Å². The van der Waals surface area contributed by atoms with Crippen LogP contribution >= 0.6 is 34.8 Å². The summed E-state index contributed by atoms with van der Waals surface area (Å²) < 4.78 is 0. The van der Waals surface area contributed by atoms with Gasteiger partial charge in [-0.05, 0) is 43.1 Å². The van der Waals surface area contributed by atoms with Crippen molar-refractivity contribution >= 4 is 34.8 Å². The lowest BCUT2D eigenvalue weighted by molar-refractivity contribution is 0.537. The third kappa shape index (κ3) is 4.33. The van der Waals surface area contributed by atoms with Crippen LogP contribution < -0.4 is 5.32 Å². The monoisotopic (exact) mass is 342 g/mol. The molecule has 21 heavy (non-hydrogen) atoms. The Morgan fingerprint density at radius 2 is 1.90 bits per heavy atom. The average molecular weight is 344 g/mol. The summed E-state index contributed by atoms with van der Waals surface area (Å²) >= 11 is 18.5. The number of aryl methyl sites for hydroxylation is 1. The van der Waals surface area contributed by atoms with E-state index in [2.05, 4.69) is 16.4 Å². The highest BCUT2D eigenvalue weighted by atomic mass is 35.5. The van der Waals surface area contributed by atoms with E-state index in [1.54, 1.807) is 12.3 Å². The van der Waals surface area contributed by atoms with Crippen molar-refractivity contribution in [2.75, 3.05) is 6.54 Å². The first-order chi connectivity index (χ1) is 10.0. The number of benzene rings is 1. The zero-order valence-corrected chi connectivity index (χ0v) is 14.2. The minimum Gasteiger partial charge on any atom is -0.309 e. The molecule has 0 fully saturated rings. The minimum atomic E-state index is -0.0000252. The van der Waals surface area contributed by atoms with Crippen LogP contribution in [0.2, 0.25) is 15.1 Å². The fourth-order valence-corrected chi connectivity index (χ4v) is 3.06. The molecule has 0 aliphatic carbocycles. The highest BCUT2D eigenvalue weighted by molar-refractivity contribution is 6.34. The van der Waals surface area contributed by atoms with E-state index in [-0.39, 0.29) is 6.04 Å². The zero-order valence-electron chi connectivity index (χ0n) is 12.0. The summed E-state index contributed by atoms with van der Waals surface area (Å²) in [6.07, 6.45) is 2.34. The normalized spacial score (nSPS) is 12.4. The molecular formula is C16H17Cl3N2. The Morgan fingerprint density at radius 1 is 1.14 bits per heavy atom. The smallest absolute Gasteiger partial charge is 0.0763 e. The average Bonchev–Trinajstić information content (AvgIpc) is 2.41. The molecule has 0 bridgehead atoms. The van der Waals surface area contributed by atoms with Crippen LogP contribution in [0.5, 0.6) is 0 Å². The van der Waals surface area contributed by atoms with Crippen LogP contribution in [-0.2, 0) is 6.42 Å². The molecule has 2 rings (SSSR count). The maximum Gasteiger partial charge on any atom is 0.0763 e. The Kier molecular flexibility index (Phi) is 5.88. The Labute approximate surface area is 140 Å². The van der Waals surface area contributed by atoms with Gasteiger partial charge in [0.15, 0.2) is 0 Å². The first-order valence-corrected chi connectivity index (χ1v) is 7.94. The quantitative estimate of drug-likeness (QED) is 0.802. The van der Waals surface area contributed by atoms with Crippen molar-refractivity contribution in [1.82, 2.24) is 10.3 Å². The molecule has 1 unspecified atom stereocenters. The van der Waals surface area contributed by atoms with Crippen molar-refractivity contribution < 1.29 is 0 Å². The number of pyridine rings is 1. The molecule has 1 aromatic carbocycles. The van der Waals surface area contributed by atoms with Gasteiger partial charge in [0.05, 0.1) is 21.8 Å². The van der Waals surface area contributed by atoms with Crippen molar-refractivity contribution in [3.8, 4) is 0 Å². The number of nitrogens with one attached hydrogen (secondary N) is 1. The summed E-state index contributed by atoms with van der Waals surface area (Å²) in [5, 5.41) is 5.27. The van der Waals surface area contributed by atoms with Crippen LogP contribution in [-0.4, -0.2) is 11.5 Å². The van der Waals surface area contributed by atoms with E-state index in [9.17, 15) is 0 Å². The van der Waals surface area contributed by atoms with Gasteiger partial charge in [-0.1, -0.05) is 53.9 Å². The molecule has 0 radical (unpaired) electrons. The second kappa shape index (κ2) is 7.46. The topological polar surface area (TPSA) is 24.9 Å². The van der Waals surface area contributed by atoms with Crippen LogP contribution in [0.4, 0.5) is 0 Å². The van der Waals surface area contributed by atoms with Gasteiger partial charge < -0.3 is 5.32 Å². The number of halogens is 3. The molecule has 0 spiro atoms. The van der Waals surface area contributed by atoms with Gasteiger partial charge in [0.25, 0.3) is 0 Å². The van der Waals surface area contributed by atoms with Crippen LogP contribution in [0, 0.1) is 6.92 Å². The number of likely N-dealkylation sites (N-methyl/N-ethyl adjacent to an activating group) is 1. The molecule has 2 aromatic rings. The largest absolute Gasteiger partial charge is 0.309 e. The van der Waals surface area contributed by atoms with Gasteiger partial charge in [-0.3, -0.25) is 4.98 Å². The van der Waals surface area contributed by atoms with Crippen molar-refractivity contribution in [3.05, 3.63) is 62.4 Å². The van der Waals surface area contributed by atoms with Gasteiger partial charge in [-0.15, -0.1) is 0 Å². The van der Waals surface area contributed by atoms with Crippen LogP contribution in [0.15, 0.2) is 30.5 Å². The van der Waals surface area contributed by atoms with Crippen molar-refractivity contribution in [2.24, 2.45) is 0 Å². The molecule has 2 nitrogen and oxygen atoms in total. The number of nitrogens with zero attached hydrogens (tertiary/aromatic N) is 1. The van der Waals surface area contributed by atoms with Crippen LogP contribution in [0.3, 0.4) is 0 Å². The number of aromatic nitrogens is 1. The molecule has 1 atom stereocenters. The molecule has 0 saturated carbocycles. The van der Waals surface area contributed by atoms with Gasteiger partial charge in [0.2, 0.25) is 0 Å². The minimum absolute atomic E-state index is 0.0000252. The summed E-state index contributed by atoms with van der Waals surface area (Å²) in [5.41, 5.74) is 3.01. The van der Waals surface area contributed by atoms with Crippen molar-refractivity contribution in [1.29, 1.82) is 0 Å². The third-order valence-electron chi connectivity index (χ3n) is 3.25. The molecule has 0 saturated heterocycles. The molecule has 1 heterocycles. The fourth-order valence-electron chi connectivity index (χ4n) is 2.23. The Morgan fingerprint density at radius 3 is 2.52 bits per heavy atom. The first-order valence-electron chi connectivity index (χ1n) is 6.80. The Hall–Kier alpha value is -0.800. The summed E-state index contributed by atoms with van der Waals surface area (Å²) in [7, 11) is 0. The van der Waals surface area contributed by atoms with Crippen LogP contribution in [0.1, 0.15) is 29.8 Å². The van der Waals surface area contributed by atoms with Crippen LogP contribution in [0.25, 0.3) is 0 Å². The zero-order chi connectivity index (χ0) is 15.4. The Bertz CT molecular complexity index is 629. The highest BCUT2D eigenvalue weighted by Gasteiger charge is 2.17. The maximum atomic E-state index is 6.32. The number of rotatable bonds is 5. The standard InChI is InChI=1S/C16H17Cl3N2/c1-3-20-15(16-14(19)8-12(17)9-21-16)7-11-5-4-10(2)6-13(11)18/h4-6,8-9,15,20H,3,7H2,1-2H3. The second-order valence-corrected chi connectivity index (χ2v) is 6.18. The third-order valence-corrected chi connectivity index (χ3v) is 4.11. The molecule has 5 heteroatoms. The lowest BCUT2D eigenvalue weighted by atomic mass is 10.0. The number of hydrogen-bond donors (Lipinski definition) is 1. The van der Waals surface area contributed by atoms with E-state index < -0.39 is 0 Å². The van der Waals surface area contributed by atoms with E-state index >= 15 is 0 Å².